The van der Waals surface area contributed by atoms with Gasteiger partial charge in [-0.15, -0.1) is 0 Å². The van der Waals surface area contributed by atoms with E-state index >= 15 is 0 Å². The number of benzene rings is 3. The first-order valence-electron chi connectivity index (χ1n) is 10.1. The van der Waals surface area contributed by atoms with E-state index in [0.29, 0.717) is 22.6 Å². The summed E-state index contributed by atoms with van der Waals surface area (Å²) in [6.45, 7) is 5.91. The van der Waals surface area contributed by atoms with Gasteiger partial charge in [-0.05, 0) is 56.2 Å². The minimum absolute atomic E-state index is 0.239. The number of para-hydroxylation sites is 1. The molecule has 0 radical (unpaired) electrons. The molecular formula is C26H24N2O3. The summed E-state index contributed by atoms with van der Waals surface area (Å²) in [4.78, 5) is 28.3. The summed E-state index contributed by atoms with van der Waals surface area (Å²) in [5, 5.41) is 3.24. The van der Waals surface area contributed by atoms with Crippen LogP contribution in [0, 0.1) is 20.8 Å². The van der Waals surface area contributed by atoms with Crippen LogP contribution in [0.15, 0.2) is 72.4 Å². The summed E-state index contributed by atoms with van der Waals surface area (Å²) in [5.41, 5.74) is 5.50. The number of hydrogen-bond acceptors (Lipinski definition) is 4. The first-order chi connectivity index (χ1) is 14.9. The van der Waals surface area contributed by atoms with Crippen molar-refractivity contribution in [2.75, 3.05) is 17.3 Å². The summed E-state index contributed by atoms with van der Waals surface area (Å²) in [6, 6.07) is 20.5. The Bertz CT molecular complexity index is 1230. The topological polar surface area (TPSA) is 58.6 Å². The van der Waals surface area contributed by atoms with E-state index in [1.54, 1.807) is 25.3 Å². The van der Waals surface area contributed by atoms with Crippen LogP contribution < -0.4 is 15.0 Å². The highest BCUT2D eigenvalue weighted by Gasteiger charge is 2.41. The van der Waals surface area contributed by atoms with Gasteiger partial charge in [0.05, 0.1) is 18.4 Å². The average Bonchev–Trinajstić information content (AvgIpc) is 2.99. The number of ether oxygens (including phenoxy) is 1. The molecule has 5 nitrogen and oxygen atoms in total. The molecule has 4 rings (SSSR count). The normalized spacial score (nSPS) is 13.7. The zero-order valence-corrected chi connectivity index (χ0v) is 18.0. The Kier molecular flexibility index (Phi) is 5.34. The number of imide groups is 1. The minimum atomic E-state index is -0.392. The molecule has 0 saturated heterocycles. The van der Waals surface area contributed by atoms with E-state index in [2.05, 4.69) is 5.32 Å². The molecule has 5 heteroatoms. The molecule has 0 bridgehead atoms. The number of rotatable bonds is 5. The number of aryl methyl sites for hydroxylation is 3. The molecule has 0 unspecified atom stereocenters. The fraction of sp³-hybridized carbons (Fsp3) is 0.154. The molecule has 0 spiro atoms. The number of anilines is 2. The predicted octanol–water partition coefficient (Wildman–Crippen LogP) is 5.02. The summed E-state index contributed by atoms with van der Waals surface area (Å²) < 4.78 is 5.50. The van der Waals surface area contributed by atoms with Crippen LogP contribution >= 0.6 is 0 Å². The van der Waals surface area contributed by atoms with Gasteiger partial charge in [0.15, 0.2) is 0 Å². The van der Waals surface area contributed by atoms with Crippen molar-refractivity contribution >= 4 is 28.8 Å². The van der Waals surface area contributed by atoms with Gasteiger partial charge in [-0.25, -0.2) is 4.90 Å². The molecule has 2 amide bonds. The van der Waals surface area contributed by atoms with Crippen molar-refractivity contribution in [3.63, 3.8) is 0 Å². The monoisotopic (exact) mass is 412 g/mol. The quantitative estimate of drug-likeness (QED) is 0.598. The number of amides is 2. The molecule has 0 fully saturated rings. The number of nitrogens with one attached hydrogen (secondary N) is 1. The molecule has 156 valence electrons. The van der Waals surface area contributed by atoms with Crippen LogP contribution in [0.4, 0.5) is 11.4 Å². The van der Waals surface area contributed by atoms with Crippen molar-refractivity contribution in [1.29, 1.82) is 0 Å². The second kappa shape index (κ2) is 8.11. The van der Waals surface area contributed by atoms with Crippen molar-refractivity contribution < 1.29 is 14.3 Å². The Morgan fingerprint density at radius 1 is 0.806 bits per heavy atom. The third-order valence-corrected chi connectivity index (χ3v) is 5.36. The van der Waals surface area contributed by atoms with Crippen LogP contribution in [0.2, 0.25) is 0 Å². The molecular weight excluding hydrogens is 388 g/mol. The van der Waals surface area contributed by atoms with Crippen molar-refractivity contribution in [2.45, 2.75) is 20.8 Å². The van der Waals surface area contributed by atoms with Gasteiger partial charge in [-0.1, -0.05) is 48.0 Å². The Balaban J connectivity index is 1.88. The largest absolute Gasteiger partial charge is 0.496 e. The van der Waals surface area contributed by atoms with E-state index in [-0.39, 0.29) is 11.6 Å². The maximum absolute atomic E-state index is 13.6. The number of carbonyl (C=O) groups excluding carboxylic acids is 2. The number of hydrogen-bond donors (Lipinski definition) is 1. The first kappa shape index (κ1) is 20.4. The van der Waals surface area contributed by atoms with Crippen LogP contribution in [-0.4, -0.2) is 18.9 Å². The van der Waals surface area contributed by atoms with E-state index in [0.717, 1.165) is 22.4 Å². The average molecular weight is 412 g/mol. The lowest BCUT2D eigenvalue weighted by Gasteiger charge is -2.16. The van der Waals surface area contributed by atoms with Crippen molar-refractivity contribution in [2.24, 2.45) is 0 Å². The van der Waals surface area contributed by atoms with E-state index in [9.17, 15) is 9.59 Å². The lowest BCUT2D eigenvalue weighted by Crippen LogP contribution is -2.32. The fourth-order valence-corrected chi connectivity index (χ4v) is 3.84. The third kappa shape index (κ3) is 3.70. The highest BCUT2D eigenvalue weighted by molar-refractivity contribution is 6.46. The molecule has 0 aromatic heterocycles. The number of carbonyl (C=O) groups is 2. The highest BCUT2D eigenvalue weighted by atomic mass is 16.5. The van der Waals surface area contributed by atoms with Gasteiger partial charge in [0.1, 0.15) is 11.4 Å². The van der Waals surface area contributed by atoms with Crippen LogP contribution in [0.25, 0.3) is 5.57 Å². The molecule has 0 aliphatic carbocycles. The van der Waals surface area contributed by atoms with E-state index in [4.69, 9.17) is 4.74 Å². The lowest BCUT2D eigenvalue weighted by atomic mass is 10.0. The molecule has 0 atom stereocenters. The molecule has 1 aliphatic rings. The number of nitrogens with zero attached hydrogens (tertiary/aromatic N) is 1. The van der Waals surface area contributed by atoms with Crippen molar-refractivity contribution in [3.05, 3.63) is 94.7 Å². The van der Waals surface area contributed by atoms with Gasteiger partial charge < -0.3 is 10.1 Å². The third-order valence-electron chi connectivity index (χ3n) is 5.36. The van der Waals surface area contributed by atoms with Gasteiger partial charge in [0, 0.05) is 11.3 Å². The Hall–Kier alpha value is -3.86. The Labute approximate surface area is 182 Å². The van der Waals surface area contributed by atoms with Gasteiger partial charge >= 0.3 is 0 Å². The molecule has 1 heterocycles. The zero-order chi connectivity index (χ0) is 22.1. The summed E-state index contributed by atoms with van der Waals surface area (Å²) in [5.74, 6) is -0.242. The van der Waals surface area contributed by atoms with Gasteiger partial charge in [0.25, 0.3) is 11.8 Å². The molecule has 1 N–H and O–H groups in total. The van der Waals surface area contributed by atoms with Gasteiger partial charge in [0.2, 0.25) is 0 Å². The van der Waals surface area contributed by atoms with Gasteiger partial charge in [-0.3, -0.25) is 9.59 Å². The van der Waals surface area contributed by atoms with Crippen molar-refractivity contribution in [1.82, 2.24) is 0 Å². The fourth-order valence-electron chi connectivity index (χ4n) is 3.84. The first-order valence-corrected chi connectivity index (χ1v) is 10.1. The Morgan fingerprint density at radius 3 is 2.26 bits per heavy atom. The molecule has 31 heavy (non-hydrogen) atoms. The minimum Gasteiger partial charge on any atom is -0.496 e. The van der Waals surface area contributed by atoms with Crippen LogP contribution in [-0.2, 0) is 9.59 Å². The highest BCUT2D eigenvalue weighted by Crippen LogP contribution is 2.37. The zero-order valence-electron chi connectivity index (χ0n) is 18.0. The molecule has 0 saturated carbocycles. The van der Waals surface area contributed by atoms with Crippen molar-refractivity contribution in [3.8, 4) is 5.75 Å². The second-order valence-corrected chi connectivity index (χ2v) is 7.68. The van der Waals surface area contributed by atoms with Crippen LogP contribution in [0.3, 0.4) is 0 Å². The second-order valence-electron chi connectivity index (χ2n) is 7.68. The van der Waals surface area contributed by atoms with Gasteiger partial charge in [-0.2, -0.15) is 0 Å². The number of methoxy groups -OCH3 is 1. The summed E-state index contributed by atoms with van der Waals surface area (Å²) in [7, 11) is 1.55. The van der Waals surface area contributed by atoms with Crippen LogP contribution in [0.1, 0.15) is 22.3 Å². The molecule has 3 aromatic carbocycles. The van der Waals surface area contributed by atoms with E-state index in [1.807, 2.05) is 69.3 Å². The maximum Gasteiger partial charge on any atom is 0.282 e. The SMILES string of the molecule is COc1ccccc1C1=C(Nc2ccc(C)cc2C)C(=O)N(c2cccc(C)c2)C1=O. The Morgan fingerprint density at radius 2 is 1.55 bits per heavy atom. The smallest absolute Gasteiger partial charge is 0.282 e. The van der Waals surface area contributed by atoms with E-state index in [1.165, 1.54) is 4.90 Å². The predicted molar refractivity (Wildman–Crippen MR) is 123 cm³/mol. The molecule has 3 aromatic rings. The lowest BCUT2D eigenvalue weighted by molar-refractivity contribution is -0.120. The van der Waals surface area contributed by atoms with E-state index < -0.39 is 5.91 Å². The molecule has 1 aliphatic heterocycles. The summed E-state index contributed by atoms with van der Waals surface area (Å²) >= 11 is 0. The maximum atomic E-state index is 13.6. The standard InChI is InChI=1S/C26H24N2O3/c1-16-8-7-9-19(15-16)28-25(29)23(20-10-5-6-11-22(20)31-4)24(26(28)30)27-21-13-12-17(2)14-18(21)3/h5-15,27H,1-4H3. The summed E-state index contributed by atoms with van der Waals surface area (Å²) in [6.07, 6.45) is 0. The van der Waals surface area contributed by atoms with Crippen LogP contribution in [0.5, 0.6) is 5.75 Å².